The Hall–Kier alpha value is -2.28. The van der Waals surface area contributed by atoms with E-state index in [-0.39, 0.29) is 18.4 Å². The summed E-state index contributed by atoms with van der Waals surface area (Å²) < 4.78 is 28.1. The minimum Gasteiger partial charge on any atom is -0.376 e. The molecule has 0 unspecified atom stereocenters. The van der Waals surface area contributed by atoms with Gasteiger partial charge in [-0.05, 0) is 69.0 Å². The zero-order valence-electron chi connectivity index (χ0n) is 14.5. The van der Waals surface area contributed by atoms with Crippen LogP contribution in [0.25, 0.3) is 11.1 Å². The Kier molecular flexibility index (Phi) is 6.21. The normalized spacial score (nSPS) is 10.9. The largest absolute Gasteiger partial charge is 0.376 e. The predicted molar refractivity (Wildman–Crippen MR) is 107 cm³/mol. The highest BCUT2D eigenvalue weighted by Crippen LogP contribution is 2.29. The maximum absolute atomic E-state index is 14.3. The summed E-state index contributed by atoms with van der Waals surface area (Å²) in [5, 5.41) is 9.81. The molecule has 3 nitrogen and oxygen atoms in total. The molecule has 0 atom stereocenters. The molecule has 3 aromatic carbocycles. The lowest BCUT2D eigenvalue weighted by Gasteiger charge is -2.23. The first-order valence-electron chi connectivity index (χ1n) is 8.40. The Morgan fingerprint density at radius 1 is 0.926 bits per heavy atom. The van der Waals surface area contributed by atoms with Crippen molar-refractivity contribution in [1.82, 2.24) is 0 Å². The smallest absolute Gasteiger partial charge is 0.137 e. The third-order valence-electron chi connectivity index (χ3n) is 4.32. The lowest BCUT2D eigenvalue weighted by molar-refractivity contribution is 0.289. The van der Waals surface area contributed by atoms with Gasteiger partial charge in [-0.2, -0.15) is 0 Å². The molecule has 0 amide bonds. The first-order chi connectivity index (χ1) is 13.0. The average Bonchev–Trinajstić information content (AvgIpc) is 2.69. The molecule has 0 spiro atoms. The van der Waals surface area contributed by atoms with E-state index in [0.29, 0.717) is 28.7 Å². The fourth-order valence-corrected chi connectivity index (χ4v) is 3.30. The standard InChI is InChI=1S/C21H19BrF2N2O/c22-19-9-15(5-7-21(19)24)12-26(13-27)17-3-1-2-16(10-17)18-8-14(11-25)4-6-20(18)23/h1-10,27H,11-13,25H2. The van der Waals surface area contributed by atoms with Gasteiger partial charge in [0.15, 0.2) is 0 Å². The van der Waals surface area contributed by atoms with Crippen LogP contribution in [-0.2, 0) is 13.1 Å². The Morgan fingerprint density at radius 3 is 2.37 bits per heavy atom. The van der Waals surface area contributed by atoms with Gasteiger partial charge in [0.2, 0.25) is 0 Å². The molecule has 0 fully saturated rings. The maximum Gasteiger partial charge on any atom is 0.137 e. The van der Waals surface area contributed by atoms with Crippen molar-refractivity contribution < 1.29 is 13.9 Å². The quantitative estimate of drug-likeness (QED) is 0.549. The third-order valence-corrected chi connectivity index (χ3v) is 4.92. The second kappa shape index (κ2) is 8.61. The summed E-state index contributed by atoms with van der Waals surface area (Å²) in [5.41, 5.74) is 9.22. The second-order valence-electron chi connectivity index (χ2n) is 6.16. The van der Waals surface area contributed by atoms with Gasteiger partial charge in [0.1, 0.15) is 18.4 Å². The van der Waals surface area contributed by atoms with Crippen molar-refractivity contribution in [3.05, 3.63) is 87.9 Å². The first kappa shape index (κ1) is 19.5. The van der Waals surface area contributed by atoms with Gasteiger partial charge in [-0.25, -0.2) is 8.78 Å². The zero-order chi connectivity index (χ0) is 19.4. The highest BCUT2D eigenvalue weighted by molar-refractivity contribution is 9.10. The van der Waals surface area contributed by atoms with Crippen molar-refractivity contribution in [3.8, 4) is 11.1 Å². The van der Waals surface area contributed by atoms with Crippen molar-refractivity contribution in [2.24, 2.45) is 5.73 Å². The van der Waals surface area contributed by atoms with E-state index in [1.54, 1.807) is 29.2 Å². The number of hydrogen-bond donors (Lipinski definition) is 2. The number of nitrogens with two attached hydrogens (primary N) is 1. The predicted octanol–water partition coefficient (Wildman–Crippen LogP) is 4.81. The van der Waals surface area contributed by atoms with Crippen molar-refractivity contribution in [1.29, 1.82) is 0 Å². The number of aliphatic hydroxyl groups is 1. The molecule has 27 heavy (non-hydrogen) atoms. The molecule has 0 bridgehead atoms. The van der Waals surface area contributed by atoms with Gasteiger partial charge in [-0.15, -0.1) is 0 Å². The summed E-state index contributed by atoms with van der Waals surface area (Å²) >= 11 is 3.17. The number of nitrogens with zero attached hydrogens (tertiary/aromatic N) is 1. The Morgan fingerprint density at radius 2 is 1.67 bits per heavy atom. The van der Waals surface area contributed by atoms with Crippen molar-refractivity contribution in [3.63, 3.8) is 0 Å². The van der Waals surface area contributed by atoms with Gasteiger partial charge in [-0.1, -0.05) is 24.3 Å². The maximum atomic E-state index is 14.3. The number of halogens is 3. The van der Waals surface area contributed by atoms with Crippen LogP contribution in [0.3, 0.4) is 0 Å². The molecule has 0 radical (unpaired) electrons. The molecule has 3 N–H and O–H groups in total. The summed E-state index contributed by atoms with van der Waals surface area (Å²) in [6.07, 6.45) is 0. The third kappa shape index (κ3) is 4.53. The molecule has 0 saturated heterocycles. The summed E-state index contributed by atoms with van der Waals surface area (Å²) in [6.45, 7) is 0.475. The van der Waals surface area contributed by atoms with Crippen LogP contribution in [0.1, 0.15) is 11.1 Å². The molecule has 0 aliphatic rings. The topological polar surface area (TPSA) is 49.5 Å². The van der Waals surface area contributed by atoms with Crippen LogP contribution in [0.4, 0.5) is 14.5 Å². The number of anilines is 1. The minimum atomic E-state index is -0.341. The fourth-order valence-electron chi connectivity index (χ4n) is 2.87. The second-order valence-corrected chi connectivity index (χ2v) is 7.01. The molecule has 140 valence electrons. The first-order valence-corrected chi connectivity index (χ1v) is 9.20. The van der Waals surface area contributed by atoms with E-state index in [1.165, 1.54) is 12.1 Å². The average molecular weight is 433 g/mol. The monoisotopic (exact) mass is 432 g/mol. The molecule has 0 aliphatic heterocycles. The summed E-state index contributed by atoms with van der Waals surface area (Å²) in [7, 11) is 0. The molecule has 3 rings (SSSR count). The summed E-state index contributed by atoms with van der Waals surface area (Å²) in [5.74, 6) is -0.672. The molecular weight excluding hydrogens is 414 g/mol. The van der Waals surface area contributed by atoms with Gasteiger partial charge in [0, 0.05) is 24.3 Å². The van der Waals surface area contributed by atoms with Crippen LogP contribution in [0.2, 0.25) is 0 Å². The summed E-state index contributed by atoms with van der Waals surface area (Å²) in [4.78, 5) is 1.72. The lowest BCUT2D eigenvalue weighted by atomic mass is 10.0. The molecule has 0 aliphatic carbocycles. The highest BCUT2D eigenvalue weighted by Gasteiger charge is 2.11. The van der Waals surface area contributed by atoms with Crippen LogP contribution in [0.5, 0.6) is 0 Å². The van der Waals surface area contributed by atoms with Crippen LogP contribution < -0.4 is 10.6 Å². The zero-order valence-corrected chi connectivity index (χ0v) is 16.1. The van der Waals surface area contributed by atoms with E-state index in [0.717, 1.165) is 16.8 Å². The Bertz CT molecular complexity index is 949. The van der Waals surface area contributed by atoms with Gasteiger partial charge in [-0.3, -0.25) is 0 Å². The fraction of sp³-hybridized carbons (Fsp3) is 0.143. The SMILES string of the molecule is NCc1ccc(F)c(-c2cccc(N(CO)Cc3ccc(F)c(Br)c3)c2)c1. The number of benzene rings is 3. The number of rotatable bonds is 6. The molecule has 0 saturated carbocycles. The van der Waals surface area contributed by atoms with Crippen molar-refractivity contribution >= 4 is 21.6 Å². The van der Waals surface area contributed by atoms with Gasteiger partial charge >= 0.3 is 0 Å². The van der Waals surface area contributed by atoms with E-state index in [2.05, 4.69) is 15.9 Å². The van der Waals surface area contributed by atoms with Crippen LogP contribution in [0, 0.1) is 11.6 Å². The van der Waals surface area contributed by atoms with Gasteiger partial charge < -0.3 is 15.7 Å². The Labute approximate surface area is 165 Å². The lowest BCUT2D eigenvalue weighted by Crippen LogP contribution is -2.23. The van der Waals surface area contributed by atoms with Crippen LogP contribution in [0.15, 0.2) is 65.1 Å². The molecule has 0 heterocycles. The van der Waals surface area contributed by atoms with Crippen LogP contribution >= 0.6 is 15.9 Å². The highest BCUT2D eigenvalue weighted by atomic mass is 79.9. The molecular formula is C21H19BrF2N2O. The number of hydrogen-bond acceptors (Lipinski definition) is 3. The van der Waals surface area contributed by atoms with E-state index in [4.69, 9.17) is 5.73 Å². The van der Waals surface area contributed by atoms with Crippen molar-refractivity contribution in [2.75, 3.05) is 11.6 Å². The van der Waals surface area contributed by atoms with E-state index in [9.17, 15) is 13.9 Å². The van der Waals surface area contributed by atoms with Crippen molar-refractivity contribution in [2.45, 2.75) is 13.1 Å². The van der Waals surface area contributed by atoms with Crippen LogP contribution in [-0.4, -0.2) is 11.8 Å². The molecule has 0 aromatic heterocycles. The number of aliphatic hydroxyl groups excluding tert-OH is 1. The van der Waals surface area contributed by atoms with E-state index in [1.807, 2.05) is 24.3 Å². The van der Waals surface area contributed by atoms with Gasteiger partial charge in [0.05, 0.1) is 4.47 Å². The Balaban J connectivity index is 1.92. The van der Waals surface area contributed by atoms with E-state index < -0.39 is 0 Å². The molecule has 3 aromatic rings. The summed E-state index contributed by atoms with van der Waals surface area (Å²) in [6, 6.07) is 16.8. The minimum absolute atomic E-state index is 0.232. The van der Waals surface area contributed by atoms with Gasteiger partial charge in [0.25, 0.3) is 0 Å². The van der Waals surface area contributed by atoms with E-state index >= 15 is 0 Å². The molecule has 6 heteroatoms.